The minimum Gasteiger partial charge on any atom is -0.427 e. The van der Waals surface area contributed by atoms with Crippen LogP contribution in [0.2, 0.25) is 0 Å². The summed E-state index contributed by atoms with van der Waals surface area (Å²) in [4.78, 5) is 11.8. The molecular weight excluding hydrogens is 277 g/mol. The lowest BCUT2D eigenvalue weighted by Crippen LogP contribution is -2.49. The molecule has 0 unspecified atom stereocenters. The van der Waals surface area contributed by atoms with Gasteiger partial charge in [-0.05, 0) is 45.9 Å². The lowest BCUT2D eigenvalue weighted by atomic mass is 9.82. The molecule has 1 aromatic heterocycles. The predicted molar refractivity (Wildman–Crippen MR) is 88.9 cm³/mol. The topological polar surface area (TPSA) is 51.5 Å². The highest BCUT2D eigenvalue weighted by Gasteiger charge is 2.35. The van der Waals surface area contributed by atoms with Crippen molar-refractivity contribution in [3.63, 3.8) is 0 Å². The van der Waals surface area contributed by atoms with Gasteiger partial charge in [0.05, 0.1) is 11.2 Å². The van der Waals surface area contributed by atoms with Crippen LogP contribution in [-0.4, -0.2) is 28.4 Å². The Hall–Kier alpha value is -1.85. The zero-order valence-electron chi connectivity index (χ0n) is 13.4. The maximum absolute atomic E-state index is 11.8. The lowest BCUT2D eigenvalue weighted by molar-refractivity contribution is -0.0893. The maximum atomic E-state index is 11.8. The fourth-order valence-electron chi connectivity index (χ4n) is 1.71. The average molecular weight is 298 g/mol. The van der Waals surface area contributed by atoms with Gasteiger partial charge in [-0.25, -0.2) is 0 Å². The molecule has 22 heavy (non-hydrogen) atoms. The van der Waals surface area contributed by atoms with Crippen LogP contribution < -0.4 is 11.0 Å². The molecule has 0 atom stereocenters. The zero-order valence-corrected chi connectivity index (χ0v) is 13.4. The molecule has 5 heteroatoms. The molecule has 2 aromatic rings. The zero-order chi connectivity index (χ0) is 16.4. The standard InChI is InChI=1S/C17H21BNO3/c1-16(2,21)17(3,4)22-18-13-8-10-14(11-9-13)19-12-6-5-7-15(19)20/h5-12,21H,1-4H3. The van der Waals surface area contributed by atoms with Gasteiger partial charge < -0.3 is 9.76 Å². The molecule has 115 valence electrons. The van der Waals surface area contributed by atoms with E-state index < -0.39 is 11.2 Å². The Morgan fingerprint density at radius 3 is 2.23 bits per heavy atom. The van der Waals surface area contributed by atoms with Gasteiger partial charge in [-0.1, -0.05) is 23.7 Å². The summed E-state index contributed by atoms with van der Waals surface area (Å²) in [5.74, 6) is 0. The monoisotopic (exact) mass is 298 g/mol. The fraction of sp³-hybridized carbons (Fsp3) is 0.353. The Balaban J connectivity index is 2.11. The summed E-state index contributed by atoms with van der Waals surface area (Å²) in [5, 5.41) is 10.1. The summed E-state index contributed by atoms with van der Waals surface area (Å²) in [6, 6.07) is 12.5. The van der Waals surface area contributed by atoms with Crippen LogP contribution in [0.25, 0.3) is 5.69 Å². The Morgan fingerprint density at radius 2 is 1.68 bits per heavy atom. The van der Waals surface area contributed by atoms with Gasteiger partial charge in [0.15, 0.2) is 0 Å². The van der Waals surface area contributed by atoms with Crippen LogP contribution in [0, 0.1) is 0 Å². The predicted octanol–water partition coefficient (Wildman–Crippen LogP) is 1.65. The van der Waals surface area contributed by atoms with E-state index in [4.69, 9.17) is 4.65 Å². The van der Waals surface area contributed by atoms with Crippen LogP contribution in [0.5, 0.6) is 0 Å². The first kappa shape index (κ1) is 16.5. The van der Waals surface area contributed by atoms with E-state index in [1.807, 2.05) is 44.2 Å². The first-order valence-corrected chi connectivity index (χ1v) is 7.22. The number of hydrogen-bond acceptors (Lipinski definition) is 3. The van der Waals surface area contributed by atoms with E-state index >= 15 is 0 Å². The van der Waals surface area contributed by atoms with E-state index in [1.165, 1.54) is 6.07 Å². The van der Waals surface area contributed by atoms with Crippen molar-refractivity contribution < 1.29 is 9.76 Å². The number of rotatable bonds is 5. The van der Waals surface area contributed by atoms with Gasteiger partial charge in [-0.2, -0.15) is 0 Å². The van der Waals surface area contributed by atoms with E-state index in [0.29, 0.717) is 0 Å². The molecule has 0 saturated carbocycles. The summed E-state index contributed by atoms with van der Waals surface area (Å²) in [5.41, 5.74) is -0.0729. The van der Waals surface area contributed by atoms with Crippen molar-refractivity contribution in [2.24, 2.45) is 0 Å². The second-order valence-corrected chi connectivity index (χ2v) is 6.31. The van der Waals surface area contributed by atoms with Gasteiger partial charge in [0.25, 0.3) is 5.56 Å². The average Bonchev–Trinajstić information content (AvgIpc) is 2.45. The molecule has 4 nitrogen and oxygen atoms in total. The SMILES string of the molecule is CC(C)(O)C(C)(C)O[B]c1ccc(-n2ccccc2=O)cc1. The summed E-state index contributed by atoms with van der Waals surface area (Å²) < 4.78 is 7.28. The fourth-order valence-corrected chi connectivity index (χ4v) is 1.71. The second-order valence-electron chi connectivity index (χ2n) is 6.31. The third-order valence-electron chi connectivity index (χ3n) is 3.96. The third-order valence-corrected chi connectivity index (χ3v) is 3.96. The van der Waals surface area contributed by atoms with Crippen LogP contribution in [-0.2, 0) is 4.65 Å². The summed E-state index contributed by atoms with van der Waals surface area (Å²) >= 11 is 0. The number of aromatic nitrogens is 1. The molecule has 2 rings (SSSR count). The molecule has 1 radical (unpaired) electrons. The van der Waals surface area contributed by atoms with Crippen molar-refractivity contribution in [3.8, 4) is 5.69 Å². The number of aliphatic hydroxyl groups is 1. The molecule has 0 aliphatic rings. The quantitative estimate of drug-likeness (QED) is 0.854. The van der Waals surface area contributed by atoms with Crippen molar-refractivity contribution in [1.82, 2.24) is 4.57 Å². The van der Waals surface area contributed by atoms with Crippen LogP contribution in [0.3, 0.4) is 0 Å². The number of nitrogens with zero attached hydrogens (tertiary/aromatic N) is 1. The molecule has 0 amide bonds. The Labute approximate surface area is 131 Å². The number of hydrogen-bond donors (Lipinski definition) is 1. The first-order chi connectivity index (χ1) is 10.2. The molecule has 0 aliphatic carbocycles. The van der Waals surface area contributed by atoms with E-state index in [-0.39, 0.29) is 5.56 Å². The van der Waals surface area contributed by atoms with Crippen molar-refractivity contribution in [2.45, 2.75) is 38.9 Å². The highest BCUT2D eigenvalue weighted by atomic mass is 16.5. The second kappa shape index (κ2) is 6.11. The molecular formula is C17H21BNO3. The normalized spacial score (nSPS) is 12.2. The first-order valence-electron chi connectivity index (χ1n) is 7.22. The van der Waals surface area contributed by atoms with Gasteiger partial charge in [0, 0.05) is 18.0 Å². The molecule has 0 aliphatic heterocycles. The minimum absolute atomic E-state index is 0.0707. The highest BCUT2D eigenvalue weighted by molar-refractivity contribution is 6.47. The Kier molecular flexibility index (Phi) is 4.59. The smallest absolute Gasteiger partial charge is 0.330 e. The molecule has 0 bridgehead atoms. The molecule has 0 spiro atoms. The van der Waals surface area contributed by atoms with Crippen molar-refractivity contribution in [1.29, 1.82) is 0 Å². The van der Waals surface area contributed by atoms with Crippen molar-refractivity contribution >= 4 is 12.9 Å². The number of benzene rings is 1. The van der Waals surface area contributed by atoms with Gasteiger partial charge in [-0.15, -0.1) is 0 Å². The van der Waals surface area contributed by atoms with E-state index in [0.717, 1.165) is 11.2 Å². The summed E-state index contributed by atoms with van der Waals surface area (Å²) in [6.07, 6.45) is 1.73. The molecule has 0 fully saturated rings. The number of pyridine rings is 1. The molecule has 1 N–H and O–H groups in total. The largest absolute Gasteiger partial charge is 0.427 e. The van der Waals surface area contributed by atoms with E-state index in [9.17, 15) is 9.90 Å². The Bertz CT molecular complexity index is 684. The minimum atomic E-state index is -0.958. The van der Waals surface area contributed by atoms with Gasteiger partial charge in [0.1, 0.15) is 0 Å². The van der Waals surface area contributed by atoms with E-state index in [1.54, 1.807) is 38.2 Å². The molecule has 1 aromatic carbocycles. The Morgan fingerprint density at radius 1 is 1.05 bits per heavy atom. The maximum Gasteiger partial charge on any atom is 0.330 e. The van der Waals surface area contributed by atoms with Crippen LogP contribution in [0.15, 0.2) is 53.5 Å². The van der Waals surface area contributed by atoms with Crippen LogP contribution >= 0.6 is 0 Å². The van der Waals surface area contributed by atoms with Crippen molar-refractivity contribution in [3.05, 3.63) is 59.0 Å². The van der Waals surface area contributed by atoms with Crippen molar-refractivity contribution in [2.75, 3.05) is 0 Å². The van der Waals surface area contributed by atoms with E-state index in [2.05, 4.69) is 0 Å². The lowest BCUT2D eigenvalue weighted by Gasteiger charge is -2.37. The van der Waals surface area contributed by atoms with Gasteiger partial charge in [-0.3, -0.25) is 9.36 Å². The van der Waals surface area contributed by atoms with Gasteiger partial charge >= 0.3 is 7.48 Å². The summed E-state index contributed by atoms with van der Waals surface area (Å²) in [6.45, 7) is 7.10. The molecule has 1 heterocycles. The van der Waals surface area contributed by atoms with Crippen LogP contribution in [0.1, 0.15) is 27.7 Å². The summed E-state index contributed by atoms with van der Waals surface area (Å²) in [7, 11) is 1.62. The van der Waals surface area contributed by atoms with Crippen LogP contribution in [0.4, 0.5) is 0 Å². The molecule has 0 saturated heterocycles. The third kappa shape index (κ3) is 3.67. The highest BCUT2D eigenvalue weighted by Crippen LogP contribution is 2.24. The van der Waals surface area contributed by atoms with Gasteiger partial charge in [0.2, 0.25) is 0 Å².